The molecule has 0 bridgehead atoms. The Balaban J connectivity index is 1.91. The standard InChI is InChI=1S/C11H8F3N3O2/c12-11(13,14)7-2-1-6(5-15-7)17-8(18)10(3-4-10)16-9(17)19/h1-2,5H,3-4H2,(H,16,19). The van der Waals surface area contributed by atoms with Gasteiger partial charge in [-0.2, -0.15) is 13.2 Å². The molecular weight excluding hydrogens is 263 g/mol. The van der Waals surface area contributed by atoms with Crippen molar-refractivity contribution < 1.29 is 22.8 Å². The Kier molecular flexibility index (Phi) is 2.17. The number of pyridine rings is 1. The fourth-order valence-electron chi connectivity index (χ4n) is 2.00. The number of anilines is 1. The molecule has 1 saturated carbocycles. The summed E-state index contributed by atoms with van der Waals surface area (Å²) in [6.07, 6.45) is -2.56. The Hall–Kier alpha value is -2.12. The lowest BCUT2D eigenvalue weighted by Gasteiger charge is -2.13. The van der Waals surface area contributed by atoms with Crippen LogP contribution in [0, 0.1) is 0 Å². The zero-order chi connectivity index (χ0) is 13.8. The van der Waals surface area contributed by atoms with Gasteiger partial charge in [0.2, 0.25) is 0 Å². The summed E-state index contributed by atoms with van der Waals surface area (Å²) in [5.74, 6) is -0.431. The molecular formula is C11H8F3N3O2. The molecule has 1 aromatic rings. The molecule has 1 aliphatic heterocycles. The highest BCUT2D eigenvalue weighted by Crippen LogP contribution is 2.42. The Morgan fingerprint density at radius 2 is 1.95 bits per heavy atom. The van der Waals surface area contributed by atoms with Gasteiger partial charge in [-0.15, -0.1) is 0 Å². The van der Waals surface area contributed by atoms with Gasteiger partial charge >= 0.3 is 12.2 Å². The predicted molar refractivity (Wildman–Crippen MR) is 57.2 cm³/mol. The van der Waals surface area contributed by atoms with E-state index in [1.165, 1.54) is 0 Å². The van der Waals surface area contributed by atoms with Crippen molar-refractivity contribution in [1.82, 2.24) is 10.3 Å². The maximum absolute atomic E-state index is 12.4. The Bertz CT molecular complexity index is 564. The molecule has 2 fully saturated rings. The molecule has 3 rings (SSSR count). The van der Waals surface area contributed by atoms with Crippen LogP contribution in [-0.4, -0.2) is 22.5 Å². The highest BCUT2D eigenvalue weighted by molar-refractivity contribution is 6.24. The minimum Gasteiger partial charge on any atom is -0.323 e. The lowest BCUT2D eigenvalue weighted by Crippen LogP contribution is -2.32. The van der Waals surface area contributed by atoms with Crippen LogP contribution < -0.4 is 10.2 Å². The molecule has 8 heteroatoms. The Labute approximate surface area is 105 Å². The van der Waals surface area contributed by atoms with Crippen molar-refractivity contribution >= 4 is 17.6 Å². The van der Waals surface area contributed by atoms with Gasteiger partial charge in [-0.25, -0.2) is 14.7 Å². The molecule has 0 atom stereocenters. The van der Waals surface area contributed by atoms with E-state index in [9.17, 15) is 22.8 Å². The molecule has 2 aliphatic rings. The fraction of sp³-hybridized carbons (Fsp3) is 0.364. The van der Waals surface area contributed by atoms with Gasteiger partial charge < -0.3 is 5.32 Å². The normalized spacial score (nSPS) is 20.9. The summed E-state index contributed by atoms with van der Waals surface area (Å²) in [6, 6.07) is 1.19. The third-order valence-corrected chi connectivity index (χ3v) is 3.21. The van der Waals surface area contributed by atoms with Gasteiger partial charge in [0.1, 0.15) is 11.2 Å². The summed E-state index contributed by atoms with van der Waals surface area (Å²) in [5.41, 5.74) is -1.86. The molecule has 1 aliphatic carbocycles. The van der Waals surface area contributed by atoms with E-state index >= 15 is 0 Å². The van der Waals surface area contributed by atoms with Crippen LogP contribution in [0.4, 0.5) is 23.7 Å². The van der Waals surface area contributed by atoms with Crippen molar-refractivity contribution in [2.75, 3.05) is 4.90 Å². The van der Waals surface area contributed by atoms with E-state index in [-0.39, 0.29) is 5.69 Å². The highest BCUT2D eigenvalue weighted by Gasteiger charge is 2.60. The quantitative estimate of drug-likeness (QED) is 0.790. The molecule has 1 spiro atoms. The highest BCUT2D eigenvalue weighted by atomic mass is 19.4. The largest absolute Gasteiger partial charge is 0.433 e. The SMILES string of the molecule is O=C1NC2(CC2)C(=O)N1c1ccc(C(F)(F)F)nc1. The number of carbonyl (C=O) groups is 2. The van der Waals surface area contributed by atoms with Gasteiger partial charge in [-0.1, -0.05) is 0 Å². The van der Waals surface area contributed by atoms with E-state index in [4.69, 9.17) is 0 Å². The van der Waals surface area contributed by atoms with E-state index < -0.39 is 29.3 Å². The van der Waals surface area contributed by atoms with Crippen LogP contribution in [0.25, 0.3) is 0 Å². The third kappa shape index (κ3) is 1.74. The summed E-state index contributed by atoms with van der Waals surface area (Å²) in [4.78, 5) is 27.7. The monoisotopic (exact) mass is 271 g/mol. The number of alkyl halides is 3. The van der Waals surface area contributed by atoms with Crippen molar-refractivity contribution in [2.24, 2.45) is 0 Å². The zero-order valence-electron chi connectivity index (χ0n) is 9.49. The van der Waals surface area contributed by atoms with Crippen molar-refractivity contribution in [3.63, 3.8) is 0 Å². The van der Waals surface area contributed by atoms with Crippen LogP contribution in [0.1, 0.15) is 18.5 Å². The number of imide groups is 1. The molecule has 0 unspecified atom stereocenters. The van der Waals surface area contributed by atoms with E-state index in [1.54, 1.807) is 0 Å². The average Bonchev–Trinajstić information content (AvgIpc) is 3.04. The van der Waals surface area contributed by atoms with Gasteiger partial charge in [-0.05, 0) is 25.0 Å². The minimum atomic E-state index is -4.55. The van der Waals surface area contributed by atoms with Crippen LogP contribution in [0.5, 0.6) is 0 Å². The molecule has 1 saturated heterocycles. The molecule has 1 aromatic heterocycles. The van der Waals surface area contributed by atoms with Gasteiger partial charge in [-0.3, -0.25) is 4.79 Å². The van der Waals surface area contributed by atoms with E-state index in [2.05, 4.69) is 10.3 Å². The number of urea groups is 1. The lowest BCUT2D eigenvalue weighted by atomic mass is 10.2. The number of aromatic nitrogens is 1. The molecule has 100 valence electrons. The first-order valence-electron chi connectivity index (χ1n) is 5.53. The fourth-order valence-corrected chi connectivity index (χ4v) is 2.00. The second-order valence-electron chi connectivity index (χ2n) is 4.55. The van der Waals surface area contributed by atoms with Gasteiger partial charge in [0.05, 0.1) is 11.9 Å². The van der Waals surface area contributed by atoms with Crippen LogP contribution in [0.3, 0.4) is 0 Å². The first-order chi connectivity index (χ1) is 8.83. The second-order valence-corrected chi connectivity index (χ2v) is 4.55. The second kappa shape index (κ2) is 3.46. The van der Waals surface area contributed by atoms with E-state index in [1.807, 2.05) is 0 Å². The molecule has 1 N–H and O–H groups in total. The number of rotatable bonds is 1. The van der Waals surface area contributed by atoms with Crippen molar-refractivity contribution in [1.29, 1.82) is 0 Å². The van der Waals surface area contributed by atoms with Crippen molar-refractivity contribution in [3.05, 3.63) is 24.0 Å². The maximum Gasteiger partial charge on any atom is 0.433 e. The number of hydrogen-bond donors (Lipinski definition) is 1. The Morgan fingerprint density at radius 1 is 1.26 bits per heavy atom. The number of nitrogens with one attached hydrogen (secondary N) is 1. The van der Waals surface area contributed by atoms with Crippen LogP contribution >= 0.6 is 0 Å². The molecule has 2 heterocycles. The molecule has 5 nitrogen and oxygen atoms in total. The maximum atomic E-state index is 12.4. The Morgan fingerprint density at radius 3 is 2.37 bits per heavy atom. The number of amides is 3. The first-order valence-corrected chi connectivity index (χ1v) is 5.53. The summed E-state index contributed by atoms with van der Waals surface area (Å²) in [7, 11) is 0. The van der Waals surface area contributed by atoms with Gasteiger partial charge in [0.15, 0.2) is 0 Å². The van der Waals surface area contributed by atoms with Crippen molar-refractivity contribution in [2.45, 2.75) is 24.6 Å². The average molecular weight is 271 g/mol. The predicted octanol–water partition coefficient (Wildman–Crippen LogP) is 1.69. The summed E-state index contributed by atoms with van der Waals surface area (Å²) < 4.78 is 37.1. The lowest BCUT2D eigenvalue weighted by molar-refractivity contribution is -0.141. The number of halogens is 3. The van der Waals surface area contributed by atoms with Crippen LogP contribution in [0.15, 0.2) is 18.3 Å². The molecule has 3 amide bonds. The smallest absolute Gasteiger partial charge is 0.323 e. The van der Waals surface area contributed by atoms with Gasteiger partial charge in [0, 0.05) is 0 Å². The topological polar surface area (TPSA) is 62.3 Å². The third-order valence-electron chi connectivity index (χ3n) is 3.21. The number of hydrogen-bond acceptors (Lipinski definition) is 3. The van der Waals surface area contributed by atoms with Crippen molar-refractivity contribution in [3.8, 4) is 0 Å². The summed E-state index contributed by atoms with van der Waals surface area (Å²) in [5, 5.41) is 2.53. The summed E-state index contributed by atoms with van der Waals surface area (Å²) in [6.45, 7) is 0. The van der Waals surface area contributed by atoms with E-state index in [0.717, 1.165) is 23.2 Å². The summed E-state index contributed by atoms with van der Waals surface area (Å²) >= 11 is 0. The zero-order valence-corrected chi connectivity index (χ0v) is 9.49. The van der Waals surface area contributed by atoms with Gasteiger partial charge in [0.25, 0.3) is 5.91 Å². The number of nitrogens with zero attached hydrogens (tertiary/aromatic N) is 2. The first kappa shape index (κ1) is 11.9. The molecule has 0 aromatic carbocycles. The molecule has 19 heavy (non-hydrogen) atoms. The van der Waals surface area contributed by atoms with Crippen LogP contribution in [0.2, 0.25) is 0 Å². The van der Waals surface area contributed by atoms with E-state index in [0.29, 0.717) is 12.8 Å². The number of carbonyl (C=O) groups excluding carboxylic acids is 2. The van der Waals surface area contributed by atoms with Crippen LogP contribution in [-0.2, 0) is 11.0 Å². The minimum absolute atomic E-state index is 0.0410. The molecule has 0 radical (unpaired) electrons.